The van der Waals surface area contributed by atoms with Crippen molar-refractivity contribution in [1.29, 1.82) is 5.26 Å². The summed E-state index contributed by atoms with van der Waals surface area (Å²) in [7, 11) is 1.36. The lowest BCUT2D eigenvalue weighted by Gasteiger charge is -2.06. The molecule has 0 amide bonds. The maximum Gasteiger partial charge on any atom is 0.305 e. The molecule has 0 spiro atoms. The second-order valence-electron chi connectivity index (χ2n) is 5.91. The summed E-state index contributed by atoms with van der Waals surface area (Å²) in [5, 5.41) is 10.1. The largest absolute Gasteiger partial charge is 0.469 e. The second-order valence-corrected chi connectivity index (χ2v) is 6.32. The lowest BCUT2D eigenvalue weighted by atomic mass is 9.99. The molecule has 0 aliphatic carbocycles. The first-order valence-electron chi connectivity index (χ1n) is 8.10. The summed E-state index contributed by atoms with van der Waals surface area (Å²) in [4.78, 5) is 14.7. The molecule has 0 fully saturated rings. The maximum atomic E-state index is 13.9. The number of aromatic amines is 1. The van der Waals surface area contributed by atoms with Crippen molar-refractivity contribution < 1.29 is 13.9 Å². The monoisotopic (exact) mass is 370 g/mol. The Labute approximate surface area is 155 Å². The second kappa shape index (κ2) is 7.59. The first-order valence-corrected chi connectivity index (χ1v) is 8.48. The Morgan fingerprint density at radius 3 is 2.81 bits per heavy atom. The number of hydrogen-bond donors (Lipinski definition) is 1. The fraction of sp³-hybridized carbons (Fsp3) is 0.200. The van der Waals surface area contributed by atoms with Gasteiger partial charge in [-0.25, -0.2) is 4.39 Å². The Bertz CT molecular complexity index is 1020. The van der Waals surface area contributed by atoms with Crippen LogP contribution < -0.4 is 0 Å². The third kappa shape index (κ3) is 3.56. The van der Waals surface area contributed by atoms with Gasteiger partial charge in [0.25, 0.3) is 0 Å². The Kier molecular flexibility index (Phi) is 5.24. The molecule has 0 aliphatic rings. The van der Waals surface area contributed by atoms with Crippen LogP contribution >= 0.6 is 11.6 Å². The summed E-state index contributed by atoms with van der Waals surface area (Å²) in [6, 6.07) is 12.1. The van der Waals surface area contributed by atoms with Gasteiger partial charge >= 0.3 is 5.97 Å². The first-order chi connectivity index (χ1) is 12.5. The number of nitrogens with one attached hydrogen (secondary N) is 1. The number of benzene rings is 2. The minimum Gasteiger partial charge on any atom is -0.469 e. The van der Waals surface area contributed by atoms with Gasteiger partial charge in [-0.3, -0.25) is 4.79 Å². The number of esters is 1. The highest BCUT2D eigenvalue weighted by molar-refractivity contribution is 6.30. The summed E-state index contributed by atoms with van der Waals surface area (Å²) in [6.45, 7) is 0. The standard InChI is InChI=1S/C20H16ClFN2O2/c1-26-19(25)4-2-3-14-15-9-12(11-23)5-8-18(15)24-20(14)13-6-7-16(21)17(22)10-13/h5-10,24H,2-4H2,1H3. The van der Waals surface area contributed by atoms with Crippen molar-refractivity contribution in [3.05, 3.63) is 58.4 Å². The molecule has 2 aromatic carbocycles. The summed E-state index contributed by atoms with van der Waals surface area (Å²) in [6.07, 6.45) is 1.46. The number of methoxy groups -OCH3 is 1. The van der Waals surface area contributed by atoms with Gasteiger partial charge in [0.2, 0.25) is 0 Å². The van der Waals surface area contributed by atoms with Gasteiger partial charge in [0, 0.05) is 28.6 Å². The van der Waals surface area contributed by atoms with Gasteiger partial charge in [-0.2, -0.15) is 5.26 Å². The van der Waals surface area contributed by atoms with E-state index in [1.807, 2.05) is 6.07 Å². The highest BCUT2D eigenvalue weighted by Gasteiger charge is 2.15. The number of H-pyrrole nitrogens is 1. The van der Waals surface area contributed by atoms with Crippen LogP contribution in [-0.2, 0) is 16.0 Å². The highest BCUT2D eigenvalue weighted by atomic mass is 35.5. The Morgan fingerprint density at radius 1 is 1.31 bits per heavy atom. The third-order valence-electron chi connectivity index (χ3n) is 4.28. The van der Waals surface area contributed by atoms with Crippen LogP contribution in [0.5, 0.6) is 0 Å². The molecule has 1 heterocycles. The molecule has 6 heteroatoms. The van der Waals surface area contributed by atoms with Crippen LogP contribution in [0.3, 0.4) is 0 Å². The number of carbonyl (C=O) groups excluding carboxylic acids is 1. The number of aryl methyl sites for hydroxylation is 1. The van der Waals surface area contributed by atoms with E-state index in [0.29, 0.717) is 24.0 Å². The Hall–Kier alpha value is -2.84. The molecule has 26 heavy (non-hydrogen) atoms. The minimum absolute atomic E-state index is 0.0591. The smallest absolute Gasteiger partial charge is 0.305 e. The van der Waals surface area contributed by atoms with E-state index in [-0.39, 0.29) is 17.4 Å². The fourth-order valence-electron chi connectivity index (χ4n) is 2.99. The number of ether oxygens (including phenoxy) is 1. The number of nitriles is 1. The van der Waals surface area contributed by atoms with Crippen molar-refractivity contribution in [1.82, 2.24) is 4.98 Å². The molecule has 0 bridgehead atoms. The van der Waals surface area contributed by atoms with Gasteiger partial charge in [0.15, 0.2) is 0 Å². The van der Waals surface area contributed by atoms with E-state index >= 15 is 0 Å². The molecule has 1 N–H and O–H groups in total. The van der Waals surface area contributed by atoms with Crippen molar-refractivity contribution >= 4 is 28.5 Å². The number of fused-ring (bicyclic) bond motifs is 1. The zero-order valence-corrected chi connectivity index (χ0v) is 14.9. The third-order valence-corrected chi connectivity index (χ3v) is 4.59. The predicted octanol–water partition coefficient (Wildman–Crippen LogP) is 4.99. The van der Waals surface area contributed by atoms with E-state index in [0.717, 1.165) is 22.2 Å². The van der Waals surface area contributed by atoms with Gasteiger partial charge in [-0.05, 0) is 48.7 Å². The summed E-state index contributed by atoms with van der Waals surface area (Å²) in [5.41, 5.74) is 3.75. The van der Waals surface area contributed by atoms with E-state index < -0.39 is 5.82 Å². The van der Waals surface area contributed by atoms with Gasteiger partial charge < -0.3 is 9.72 Å². The van der Waals surface area contributed by atoms with Crippen molar-refractivity contribution in [2.45, 2.75) is 19.3 Å². The van der Waals surface area contributed by atoms with E-state index in [1.165, 1.54) is 19.2 Å². The molecule has 0 atom stereocenters. The fourth-order valence-corrected chi connectivity index (χ4v) is 3.10. The zero-order valence-electron chi connectivity index (χ0n) is 14.1. The number of hydrogen-bond acceptors (Lipinski definition) is 3. The number of carbonyl (C=O) groups is 1. The Balaban J connectivity index is 2.08. The molecule has 3 rings (SSSR count). The molecular formula is C20H16ClFN2O2. The van der Waals surface area contributed by atoms with Crippen molar-refractivity contribution in [2.24, 2.45) is 0 Å². The van der Waals surface area contributed by atoms with Crippen molar-refractivity contribution in [3.8, 4) is 17.3 Å². The quantitative estimate of drug-likeness (QED) is 0.643. The molecule has 0 saturated carbocycles. The molecule has 0 saturated heterocycles. The van der Waals surface area contributed by atoms with Crippen molar-refractivity contribution in [2.75, 3.05) is 7.11 Å². The summed E-state index contributed by atoms with van der Waals surface area (Å²) >= 11 is 5.79. The average Bonchev–Trinajstić information content (AvgIpc) is 3.01. The maximum absolute atomic E-state index is 13.9. The normalized spacial score (nSPS) is 10.7. The van der Waals surface area contributed by atoms with Crippen LogP contribution in [0, 0.1) is 17.1 Å². The summed E-state index contributed by atoms with van der Waals surface area (Å²) in [5.74, 6) is -0.775. The van der Waals surface area contributed by atoms with E-state index in [1.54, 1.807) is 18.2 Å². The van der Waals surface area contributed by atoms with Gasteiger partial charge in [0.1, 0.15) is 5.82 Å². The van der Waals surface area contributed by atoms with Crippen molar-refractivity contribution in [3.63, 3.8) is 0 Å². The van der Waals surface area contributed by atoms with E-state index in [9.17, 15) is 14.4 Å². The molecule has 0 unspecified atom stereocenters. The lowest BCUT2D eigenvalue weighted by Crippen LogP contribution is -2.01. The molecule has 0 radical (unpaired) electrons. The highest BCUT2D eigenvalue weighted by Crippen LogP contribution is 2.33. The molecule has 0 aliphatic heterocycles. The SMILES string of the molecule is COC(=O)CCCc1c(-c2ccc(Cl)c(F)c2)[nH]c2ccc(C#N)cc12. The average molecular weight is 371 g/mol. The lowest BCUT2D eigenvalue weighted by molar-refractivity contribution is -0.140. The number of nitrogens with zero attached hydrogens (tertiary/aromatic N) is 1. The zero-order chi connectivity index (χ0) is 18.7. The van der Waals surface area contributed by atoms with Crippen LogP contribution in [0.2, 0.25) is 5.02 Å². The number of halogens is 2. The van der Waals surface area contributed by atoms with E-state index in [2.05, 4.69) is 15.8 Å². The molecular weight excluding hydrogens is 355 g/mol. The molecule has 3 aromatic rings. The van der Waals surface area contributed by atoms with Crippen LogP contribution in [0.15, 0.2) is 36.4 Å². The molecule has 4 nitrogen and oxygen atoms in total. The van der Waals surface area contributed by atoms with Crippen LogP contribution in [0.25, 0.3) is 22.2 Å². The first kappa shape index (κ1) is 18.0. The van der Waals surface area contributed by atoms with Crippen LogP contribution in [-0.4, -0.2) is 18.1 Å². The molecule has 132 valence electrons. The number of aromatic nitrogens is 1. The van der Waals surface area contributed by atoms with Gasteiger partial charge in [-0.15, -0.1) is 0 Å². The molecule has 1 aromatic heterocycles. The van der Waals surface area contributed by atoms with Crippen LogP contribution in [0.1, 0.15) is 24.0 Å². The number of rotatable bonds is 5. The predicted molar refractivity (Wildman–Crippen MR) is 98.4 cm³/mol. The van der Waals surface area contributed by atoms with Gasteiger partial charge in [-0.1, -0.05) is 17.7 Å². The van der Waals surface area contributed by atoms with Crippen LogP contribution in [0.4, 0.5) is 4.39 Å². The van der Waals surface area contributed by atoms with E-state index in [4.69, 9.17) is 11.6 Å². The minimum atomic E-state index is -0.499. The topological polar surface area (TPSA) is 65.9 Å². The Morgan fingerprint density at radius 2 is 2.12 bits per heavy atom. The van der Waals surface area contributed by atoms with Gasteiger partial charge in [0.05, 0.1) is 23.8 Å². The summed E-state index contributed by atoms with van der Waals surface area (Å²) < 4.78 is 18.6.